The summed E-state index contributed by atoms with van der Waals surface area (Å²) < 4.78 is 0. The third-order valence-corrected chi connectivity index (χ3v) is 1.26. The van der Waals surface area contributed by atoms with Crippen LogP contribution in [0.5, 0.6) is 0 Å². The van der Waals surface area contributed by atoms with Crippen molar-refractivity contribution in [1.82, 2.24) is 10.6 Å². The van der Waals surface area contributed by atoms with Crippen LogP contribution in [-0.2, 0) is 4.79 Å². The molecule has 2 N–H and O–H groups in total. The Morgan fingerprint density at radius 2 is 1.80 bits per heavy atom. The van der Waals surface area contributed by atoms with Gasteiger partial charge in [0.25, 0.3) is 0 Å². The van der Waals surface area contributed by atoms with Crippen LogP contribution in [0.25, 0.3) is 0 Å². The molecule has 3 heteroatoms. The van der Waals surface area contributed by atoms with E-state index >= 15 is 0 Å². The van der Waals surface area contributed by atoms with Crippen LogP contribution in [0.15, 0.2) is 0 Å². The second kappa shape index (κ2) is 4.28. The monoisotopic (exact) mass is 144 g/mol. The van der Waals surface area contributed by atoms with Crippen molar-refractivity contribution in [2.75, 3.05) is 7.05 Å². The number of hydrogen-bond acceptors (Lipinski definition) is 2. The molecule has 0 bridgehead atoms. The van der Waals surface area contributed by atoms with E-state index in [0.29, 0.717) is 0 Å². The first-order valence-electron chi connectivity index (χ1n) is 3.55. The van der Waals surface area contributed by atoms with Crippen molar-refractivity contribution in [3.05, 3.63) is 0 Å². The minimum atomic E-state index is -0.0950. The van der Waals surface area contributed by atoms with Crippen LogP contribution in [0.3, 0.4) is 0 Å². The van der Waals surface area contributed by atoms with Crippen molar-refractivity contribution in [3.63, 3.8) is 0 Å². The van der Waals surface area contributed by atoms with E-state index in [-0.39, 0.29) is 18.0 Å². The Morgan fingerprint density at radius 1 is 1.30 bits per heavy atom. The van der Waals surface area contributed by atoms with Crippen molar-refractivity contribution in [3.8, 4) is 0 Å². The Kier molecular flexibility index (Phi) is 4.03. The van der Waals surface area contributed by atoms with Gasteiger partial charge in [0.2, 0.25) is 5.91 Å². The van der Waals surface area contributed by atoms with Gasteiger partial charge in [-0.25, -0.2) is 0 Å². The summed E-state index contributed by atoms with van der Waals surface area (Å²) in [6.07, 6.45) is 0. The molecule has 0 aromatic heterocycles. The van der Waals surface area contributed by atoms with E-state index in [1.807, 2.05) is 20.8 Å². The number of rotatable bonds is 3. The van der Waals surface area contributed by atoms with Crippen molar-refractivity contribution >= 4 is 5.91 Å². The first-order chi connectivity index (χ1) is 4.57. The molecule has 1 atom stereocenters. The third-order valence-electron chi connectivity index (χ3n) is 1.26. The number of carbonyl (C=O) groups excluding carboxylic acids is 1. The fourth-order valence-electron chi connectivity index (χ4n) is 0.541. The Hall–Kier alpha value is -0.570. The van der Waals surface area contributed by atoms with Gasteiger partial charge in [-0.3, -0.25) is 4.79 Å². The molecule has 0 heterocycles. The minimum Gasteiger partial charge on any atom is -0.353 e. The van der Waals surface area contributed by atoms with E-state index in [1.165, 1.54) is 0 Å². The zero-order valence-electron chi connectivity index (χ0n) is 7.06. The van der Waals surface area contributed by atoms with Gasteiger partial charge < -0.3 is 10.6 Å². The molecular formula is C7H16N2O. The molecule has 0 fully saturated rings. The average molecular weight is 144 g/mol. The molecule has 0 aromatic carbocycles. The summed E-state index contributed by atoms with van der Waals surface area (Å²) in [5.41, 5.74) is 0. The second-order valence-corrected chi connectivity index (χ2v) is 2.67. The van der Waals surface area contributed by atoms with Gasteiger partial charge in [-0.15, -0.1) is 0 Å². The van der Waals surface area contributed by atoms with E-state index < -0.39 is 0 Å². The summed E-state index contributed by atoms with van der Waals surface area (Å²) >= 11 is 0. The van der Waals surface area contributed by atoms with Crippen LogP contribution in [-0.4, -0.2) is 25.0 Å². The van der Waals surface area contributed by atoms with E-state index in [9.17, 15) is 4.79 Å². The van der Waals surface area contributed by atoms with E-state index in [0.717, 1.165) is 0 Å². The van der Waals surface area contributed by atoms with Crippen LogP contribution in [0.1, 0.15) is 20.8 Å². The van der Waals surface area contributed by atoms with Gasteiger partial charge in [0.15, 0.2) is 0 Å². The fourth-order valence-corrected chi connectivity index (χ4v) is 0.541. The van der Waals surface area contributed by atoms with Gasteiger partial charge in [0.05, 0.1) is 6.04 Å². The Bertz CT molecular complexity index is 112. The molecule has 0 aromatic rings. The summed E-state index contributed by atoms with van der Waals surface area (Å²) in [6, 6.07) is 0.130. The predicted octanol–water partition coefficient (Wildman–Crippen LogP) is 0.119. The van der Waals surface area contributed by atoms with Gasteiger partial charge in [-0.05, 0) is 27.8 Å². The highest BCUT2D eigenvalue weighted by molar-refractivity contribution is 5.81. The zero-order chi connectivity index (χ0) is 8.15. The molecular weight excluding hydrogens is 128 g/mol. The summed E-state index contributed by atoms with van der Waals surface area (Å²) in [6.45, 7) is 5.72. The van der Waals surface area contributed by atoms with E-state index in [2.05, 4.69) is 10.6 Å². The highest BCUT2D eigenvalue weighted by atomic mass is 16.2. The molecule has 3 nitrogen and oxygen atoms in total. The van der Waals surface area contributed by atoms with Crippen LogP contribution in [0.4, 0.5) is 0 Å². The number of amides is 1. The van der Waals surface area contributed by atoms with Crippen LogP contribution >= 0.6 is 0 Å². The zero-order valence-corrected chi connectivity index (χ0v) is 7.06. The van der Waals surface area contributed by atoms with Crippen LogP contribution < -0.4 is 10.6 Å². The Morgan fingerprint density at radius 3 is 2.10 bits per heavy atom. The van der Waals surface area contributed by atoms with Gasteiger partial charge in [-0.1, -0.05) is 0 Å². The third kappa shape index (κ3) is 3.45. The molecule has 0 aliphatic rings. The SMILES string of the molecule is CNC(C)C(=O)NC(C)C. The van der Waals surface area contributed by atoms with Gasteiger partial charge in [0, 0.05) is 6.04 Å². The second-order valence-electron chi connectivity index (χ2n) is 2.67. The van der Waals surface area contributed by atoms with Crippen molar-refractivity contribution in [1.29, 1.82) is 0 Å². The molecule has 60 valence electrons. The molecule has 0 spiro atoms. The maximum atomic E-state index is 11.0. The number of carbonyl (C=O) groups is 1. The smallest absolute Gasteiger partial charge is 0.237 e. The molecule has 1 unspecified atom stereocenters. The molecule has 0 radical (unpaired) electrons. The number of nitrogens with one attached hydrogen (secondary N) is 2. The summed E-state index contributed by atoms with van der Waals surface area (Å²) in [5.74, 6) is 0.0532. The predicted molar refractivity (Wildman–Crippen MR) is 41.8 cm³/mol. The lowest BCUT2D eigenvalue weighted by molar-refractivity contribution is -0.123. The maximum Gasteiger partial charge on any atom is 0.237 e. The summed E-state index contributed by atoms with van der Waals surface area (Å²) in [4.78, 5) is 11.0. The largest absolute Gasteiger partial charge is 0.353 e. The average Bonchev–Trinajstić information content (AvgIpc) is 1.85. The van der Waals surface area contributed by atoms with Gasteiger partial charge in [-0.2, -0.15) is 0 Å². The number of hydrogen-bond donors (Lipinski definition) is 2. The molecule has 0 saturated heterocycles. The Labute approximate surface area is 62.2 Å². The molecule has 1 amide bonds. The molecule has 0 saturated carbocycles. The maximum absolute atomic E-state index is 11.0. The summed E-state index contributed by atoms with van der Waals surface area (Å²) in [5, 5.41) is 5.65. The normalized spacial score (nSPS) is 13.3. The molecule has 0 aliphatic carbocycles. The molecule has 0 rings (SSSR count). The molecule has 10 heavy (non-hydrogen) atoms. The minimum absolute atomic E-state index is 0.0532. The van der Waals surface area contributed by atoms with Crippen LogP contribution in [0.2, 0.25) is 0 Å². The van der Waals surface area contributed by atoms with Gasteiger partial charge >= 0.3 is 0 Å². The van der Waals surface area contributed by atoms with Crippen LogP contribution in [0, 0.1) is 0 Å². The standard InChI is InChI=1S/C7H16N2O/c1-5(2)9-7(10)6(3)8-4/h5-6,8H,1-4H3,(H,9,10). The first-order valence-corrected chi connectivity index (χ1v) is 3.55. The van der Waals surface area contributed by atoms with E-state index in [4.69, 9.17) is 0 Å². The number of likely N-dealkylation sites (N-methyl/N-ethyl adjacent to an activating group) is 1. The highest BCUT2D eigenvalue weighted by Crippen LogP contribution is 1.82. The fraction of sp³-hybridized carbons (Fsp3) is 0.857. The summed E-state index contributed by atoms with van der Waals surface area (Å²) in [7, 11) is 1.77. The quantitative estimate of drug-likeness (QED) is 0.590. The lowest BCUT2D eigenvalue weighted by Crippen LogP contribution is -2.43. The van der Waals surface area contributed by atoms with Crippen molar-refractivity contribution in [2.24, 2.45) is 0 Å². The lowest BCUT2D eigenvalue weighted by Gasteiger charge is -2.12. The van der Waals surface area contributed by atoms with Crippen molar-refractivity contribution < 1.29 is 4.79 Å². The Balaban J connectivity index is 3.62. The van der Waals surface area contributed by atoms with E-state index in [1.54, 1.807) is 7.05 Å². The van der Waals surface area contributed by atoms with Gasteiger partial charge in [0.1, 0.15) is 0 Å². The highest BCUT2D eigenvalue weighted by Gasteiger charge is 2.09. The van der Waals surface area contributed by atoms with Crippen molar-refractivity contribution in [2.45, 2.75) is 32.9 Å². The first kappa shape index (κ1) is 9.43. The lowest BCUT2D eigenvalue weighted by atomic mass is 10.3. The topological polar surface area (TPSA) is 41.1 Å². The molecule has 0 aliphatic heterocycles.